The van der Waals surface area contributed by atoms with Crippen molar-refractivity contribution < 1.29 is 0 Å². The van der Waals surface area contributed by atoms with E-state index in [1.54, 1.807) is 0 Å². The van der Waals surface area contributed by atoms with Gasteiger partial charge in [-0.15, -0.1) is 6.58 Å². The number of allylic oxidation sites excluding steroid dienone is 1. The van der Waals surface area contributed by atoms with Crippen LogP contribution in [0, 0.1) is 6.92 Å². The lowest BCUT2D eigenvalue weighted by Gasteiger charge is -2.18. The molecule has 16 heavy (non-hydrogen) atoms. The summed E-state index contributed by atoms with van der Waals surface area (Å²) >= 11 is 5.96. The van der Waals surface area contributed by atoms with E-state index in [1.807, 2.05) is 25.3 Å². The molecule has 0 fully saturated rings. The van der Waals surface area contributed by atoms with Crippen LogP contribution in [-0.4, -0.2) is 7.05 Å². The fourth-order valence-corrected chi connectivity index (χ4v) is 2.18. The summed E-state index contributed by atoms with van der Waals surface area (Å²) in [4.78, 5) is 0. The summed E-state index contributed by atoms with van der Waals surface area (Å²) in [5.41, 5.74) is 2.60. The van der Waals surface area contributed by atoms with Gasteiger partial charge in [-0.25, -0.2) is 0 Å². The molecule has 0 saturated carbocycles. The van der Waals surface area contributed by atoms with Gasteiger partial charge in [0.25, 0.3) is 0 Å². The molecule has 0 heterocycles. The van der Waals surface area contributed by atoms with Crippen molar-refractivity contribution >= 4 is 11.6 Å². The molecule has 0 saturated heterocycles. The smallest absolute Gasteiger partial charge is 0.0408 e. The largest absolute Gasteiger partial charge is 0.313 e. The normalized spacial score (nSPS) is 12.4. The van der Waals surface area contributed by atoms with E-state index in [4.69, 9.17) is 11.6 Å². The van der Waals surface area contributed by atoms with Crippen molar-refractivity contribution in [2.45, 2.75) is 32.2 Å². The molecule has 1 nitrogen and oxygen atoms in total. The van der Waals surface area contributed by atoms with E-state index < -0.39 is 0 Å². The second-order valence-corrected chi connectivity index (χ2v) is 4.50. The van der Waals surface area contributed by atoms with Gasteiger partial charge in [-0.05, 0) is 56.5 Å². The molecule has 1 rings (SSSR count). The number of rotatable bonds is 6. The molecule has 0 aliphatic carbocycles. The Bertz CT molecular complexity index is 347. The van der Waals surface area contributed by atoms with E-state index in [0.717, 1.165) is 24.3 Å². The molecule has 0 aliphatic heterocycles. The van der Waals surface area contributed by atoms with Crippen LogP contribution in [0.4, 0.5) is 0 Å². The average Bonchev–Trinajstić information content (AvgIpc) is 2.26. The molecule has 0 radical (unpaired) electrons. The van der Waals surface area contributed by atoms with Gasteiger partial charge >= 0.3 is 0 Å². The van der Waals surface area contributed by atoms with Crippen molar-refractivity contribution in [1.82, 2.24) is 5.32 Å². The van der Waals surface area contributed by atoms with E-state index in [9.17, 15) is 0 Å². The van der Waals surface area contributed by atoms with Crippen molar-refractivity contribution in [2.75, 3.05) is 7.05 Å². The highest BCUT2D eigenvalue weighted by Gasteiger charge is 2.11. The van der Waals surface area contributed by atoms with Crippen LogP contribution in [0.1, 0.15) is 36.4 Å². The summed E-state index contributed by atoms with van der Waals surface area (Å²) in [5, 5.41) is 4.17. The lowest BCUT2D eigenvalue weighted by Crippen LogP contribution is -2.17. The molecule has 1 aromatic rings. The van der Waals surface area contributed by atoms with Crippen LogP contribution in [0.3, 0.4) is 0 Å². The first-order chi connectivity index (χ1) is 7.69. The topological polar surface area (TPSA) is 12.0 Å². The molecule has 1 unspecified atom stereocenters. The molecule has 0 amide bonds. The third-order valence-corrected chi connectivity index (χ3v) is 3.09. The molecular formula is C14H20ClN. The Morgan fingerprint density at radius 2 is 2.25 bits per heavy atom. The van der Waals surface area contributed by atoms with Crippen LogP contribution in [0.25, 0.3) is 0 Å². The van der Waals surface area contributed by atoms with Gasteiger partial charge in [-0.1, -0.05) is 23.7 Å². The Kier molecular flexibility index (Phi) is 5.58. The van der Waals surface area contributed by atoms with Gasteiger partial charge in [-0.2, -0.15) is 0 Å². The molecule has 1 atom stereocenters. The number of benzene rings is 1. The molecule has 1 aromatic carbocycles. The van der Waals surface area contributed by atoms with Gasteiger partial charge in [0.2, 0.25) is 0 Å². The maximum Gasteiger partial charge on any atom is 0.0408 e. The van der Waals surface area contributed by atoms with E-state index >= 15 is 0 Å². The minimum atomic E-state index is 0.414. The van der Waals surface area contributed by atoms with Gasteiger partial charge in [-0.3, -0.25) is 0 Å². The van der Waals surface area contributed by atoms with E-state index in [-0.39, 0.29) is 0 Å². The van der Waals surface area contributed by atoms with Crippen LogP contribution < -0.4 is 5.32 Å². The average molecular weight is 238 g/mol. The molecule has 0 spiro atoms. The van der Waals surface area contributed by atoms with Crippen molar-refractivity contribution in [3.8, 4) is 0 Å². The van der Waals surface area contributed by atoms with Crippen molar-refractivity contribution in [1.29, 1.82) is 0 Å². The van der Waals surface area contributed by atoms with Gasteiger partial charge in [0.1, 0.15) is 0 Å². The zero-order valence-corrected chi connectivity index (χ0v) is 10.8. The lowest BCUT2D eigenvalue weighted by atomic mass is 9.97. The van der Waals surface area contributed by atoms with Crippen LogP contribution in [0.5, 0.6) is 0 Å². The highest BCUT2D eigenvalue weighted by molar-refractivity contribution is 6.30. The molecule has 0 aliphatic rings. The van der Waals surface area contributed by atoms with Gasteiger partial charge in [0.15, 0.2) is 0 Å². The summed E-state index contributed by atoms with van der Waals surface area (Å²) < 4.78 is 0. The summed E-state index contributed by atoms with van der Waals surface area (Å²) in [5.74, 6) is 0. The van der Waals surface area contributed by atoms with E-state index in [0.29, 0.717) is 6.04 Å². The van der Waals surface area contributed by atoms with Gasteiger partial charge in [0.05, 0.1) is 0 Å². The number of hydrogen-bond acceptors (Lipinski definition) is 1. The van der Waals surface area contributed by atoms with Crippen LogP contribution in [0.15, 0.2) is 30.9 Å². The number of halogens is 1. The minimum absolute atomic E-state index is 0.414. The molecule has 1 N–H and O–H groups in total. The molecule has 0 aromatic heterocycles. The standard InChI is InChI=1S/C14H20ClN/c1-4-5-6-7-14(16-3)13-9-8-12(15)10-11(13)2/h4,8-10,14,16H,1,5-7H2,2-3H3. The highest BCUT2D eigenvalue weighted by atomic mass is 35.5. The molecule has 2 heteroatoms. The lowest BCUT2D eigenvalue weighted by molar-refractivity contribution is 0.528. The number of nitrogens with one attached hydrogen (secondary N) is 1. The monoisotopic (exact) mass is 237 g/mol. The third kappa shape index (κ3) is 3.66. The van der Waals surface area contributed by atoms with Crippen LogP contribution in [-0.2, 0) is 0 Å². The summed E-state index contributed by atoms with van der Waals surface area (Å²) in [7, 11) is 2.01. The van der Waals surface area contributed by atoms with E-state index in [2.05, 4.69) is 24.9 Å². The number of hydrogen-bond donors (Lipinski definition) is 1. The Morgan fingerprint density at radius 3 is 2.81 bits per heavy atom. The summed E-state index contributed by atoms with van der Waals surface area (Å²) in [6, 6.07) is 6.51. The number of aryl methyl sites for hydroxylation is 1. The SMILES string of the molecule is C=CCCCC(NC)c1ccc(Cl)cc1C. The third-order valence-electron chi connectivity index (χ3n) is 2.86. The molecule has 88 valence electrons. The fourth-order valence-electron chi connectivity index (χ4n) is 1.95. The molecule has 0 bridgehead atoms. The maximum absolute atomic E-state index is 5.96. The Balaban J connectivity index is 2.74. The predicted molar refractivity (Wildman–Crippen MR) is 72.0 cm³/mol. The summed E-state index contributed by atoms with van der Waals surface area (Å²) in [6.07, 6.45) is 5.34. The van der Waals surface area contributed by atoms with Crippen molar-refractivity contribution in [2.24, 2.45) is 0 Å². The van der Waals surface area contributed by atoms with Gasteiger partial charge < -0.3 is 5.32 Å². The van der Waals surface area contributed by atoms with Crippen LogP contribution in [0.2, 0.25) is 5.02 Å². The van der Waals surface area contributed by atoms with Crippen molar-refractivity contribution in [3.63, 3.8) is 0 Å². The van der Waals surface area contributed by atoms with Gasteiger partial charge in [0, 0.05) is 11.1 Å². The first-order valence-corrected chi connectivity index (χ1v) is 6.11. The predicted octanol–water partition coefficient (Wildman–Crippen LogP) is 4.27. The first kappa shape index (κ1) is 13.3. The maximum atomic E-state index is 5.96. The van der Waals surface area contributed by atoms with Crippen molar-refractivity contribution in [3.05, 3.63) is 47.0 Å². The highest BCUT2D eigenvalue weighted by Crippen LogP contribution is 2.24. The second kappa shape index (κ2) is 6.72. The molecular weight excluding hydrogens is 218 g/mol. The zero-order valence-electron chi connectivity index (χ0n) is 10.1. The second-order valence-electron chi connectivity index (χ2n) is 4.06. The fraction of sp³-hybridized carbons (Fsp3) is 0.429. The first-order valence-electron chi connectivity index (χ1n) is 5.73. The van der Waals surface area contributed by atoms with Crippen LogP contribution >= 0.6 is 11.6 Å². The number of unbranched alkanes of at least 4 members (excludes halogenated alkanes) is 1. The van der Waals surface area contributed by atoms with E-state index in [1.165, 1.54) is 11.1 Å². The Morgan fingerprint density at radius 1 is 1.50 bits per heavy atom. The Labute approximate surface area is 104 Å². The Hall–Kier alpha value is -0.790. The zero-order chi connectivity index (χ0) is 12.0. The minimum Gasteiger partial charge on any atom is -0.313 e. The summed E-state index contributed by atoms with van der Waals surface area (Å²) in [6.45, 7) is 5.86. The quantitative estimate of drug-likeness (QED) is 0.576.